The van der Waals surface area contributed by atoms with E-state index < -0.39 is 22.8 Å². The molecule has 0 radical (unpaired) electrons. The standard InChI is InChI=1S/C12H19N3O5S/c1-12(2,3)20-11(16)13-4-8-6-15-10(19-7-8)9(5-14-15)21(17)18/h5,8H,4,6-7H2,1-3H3,(H,13,16)(H,17,18). The van der Waals surface area contributed by atoms with E-state index in [4.69, 9.17) is 14.0 Å². The molecule has 0 fully saturated rings. The van der Waals surface area contributed by atoms with Crippen LogP contribution in [-0.4, -0.2) is 43.4 Å². The van der Waals surface area contributed by atoms with E-state index in [-0.39, 0.29) is 10.8 Å². The van der Waals surface area contributed by atoms with Gasteiger partial charge in [-0.15, -0.1) is 0 Å². The molecule has 0 aromatic carbocycles. The summed E-state index contributed by atoms with van der Waals surface area (Å²) in [7, 11) is 0. The lowest BCUT2D eigenvalue weighted by atomic mass is 10.1. The maximum absolute atomic E-state index is 11.6. The maximum atomic E-state index is 11.6. The van der Waals surface area contributed by atoms with Crippen molar-refractivity contribution in [2.75, 3.05) is 13.2 Å². The summed E-state index contributed by atoms with van der Waals surface area (Å²) in [6.45, 7) is 6.61. The molecule has 1 aromatic heterocycles. The molecule has 2 N–H and O–H groups in total. The number of alkyl carbamates (subject to hydrolysis) is 1. The largest absolute Gasteiger partial charge is 0.476 e. The molecule has 1 aliphatic heterocycles. The summed E-state index contributed by atoms with van der Waals surface area (Å²) in [5.41, 5.74) is -0.539. The summed E-state index contributed by atoms with van der Waals surface area (Å²) < 4.78 is 32.3. The van der Waals surface area contributed by atoms with Gasteiger partial charge in [0.05, 0.1) is 19.3 Å². The molecule has 9 heteroatoms. The average Bonchev–Trinajstić information content (AvgIpc) is 2.77. The Bertz CT molecular complexity index is 552. The van der Waals surface area contributed by atoms with Gasteiger partial charge in [-0.2, -0.15) is 5.10 Å². The summed E-state index contributed by atoms with van der Waals surface area (Å²) in [5.74, 6) is 0.328. The molecule has 1 amide bonds. The lowest BCUT2D eigenvalue weighted by molar-refractivity contribution is 0.0503. The van der Waals surface area contributed by atoms with Gasteiger partial charge in [-0.25, -0.2) is 13.7 Å². The van der Waals surface area contributed by atoms with E-state index in [1.54, 1.807) is 20.8 Å². The number of hydrogen-bond acceptors (Lipinski definition) is 5. The van der Waals surface area contributed by atoms with E-state index in [0.29, 0.717) is 25.6 Å². The van der Waals surface area contributed by atoms with E-state index in [9.17, 15) is 9.00 Å². The van der Waals surface area contributed by atoms with Crippen LogP contribution in [0.2, 0.25) is 0 Å². The van der Waals surface area contributed by atoms with Gasteiger partial charge in [0.2, 0.25) is 5.88 Å². The highest BCUT2D eigenvalue weighted by Crippen LogP contribution is 2.26. The minimum Gasteiger partial charge on any atom is -0.476 e. The number of hydrogen-bond donors (Lipinski definition) is 2. The summed E-state index contributed by atoms with van der Waals surface area (Å²) in [6.07, 6.45) is 0.834. The molecule has 0 bridgehead atoms. The highest BCUT2D eigenvalue weighted by molar-refractivity contribution is 7.79. The van der Waals surface area contributed by atoms with E-state index in [0.717, 1.165) is 0 Å². The number of carbonyl (C=O) groups excluding carboxylic acids is 1. The molecule has 0 saturated carbocycles. The molecular formula is C12H19N3O5S. The zero-order valence-electron chi connectivity index (χ0n) is 12.2. The topological polar surface area (TPSA) is 103 Å². The van der Waals surface area contributed by atoms with Crippen LogP contribution in [0.5, 0.6) is 5.88 Å². The van der Waals surface area contributed by atoms with Crippen molar-refractivity contribution < 1.29 is 23.0 Å². The first kappa shape index (κ1) is 15.8. The summed E-state index contributed by atoms with van der Waals surface area (Å²) in [4.78, 5) is 11.7. The Labute approximate surface area is 125 Å². The molecule has 1 aliphatic rings. The van der Waals surface area contributed by atoms with E-state index in [1.807, 2.05) is 0 Å². The summed E-state index contributed by atoms with van der Waals surface area (Å²) >= 11 is -2.12. The van der Waals surface area contributed by atoms with Crippen molar-refractivity contribution in [3.63, 3.8) is 0 Å². The van der Waals surface area contributed by atoms with Crippen LogP contribution < -0.4 is 10.1 Å². The first-order valence-corrected chi connectivity index (χ1v) is 7.63. The number of fused-ring (bicyclic) bond motifs is 1. The van der Waals surface area contributed by atoms with Crippen molar-refractivity contribution >= 4 is 17.2 Å². The van der Waals surface area contributed by atoms with Crippen LogP contribution in [0.15, 0.2) is 11.1 Å². The monoisotopic (exact) mass is 317 g/mol. The SMILES string of the molecule is CC(C)(C)OC(=O)NCC1COc2c(S(=O)O)cnn2C1. The number of nitrogens with one attached hydrogen (secondary N) is 1. The van der Waals surface area contributed by atoms with Gasteiger partial charge in [0.15, 0.2) is 11.1 Å². The normalized spacial score (nSPS) is 19.3. The minimum absolute atomic E-state index is 0.0184. The molecule has 0 aliphatic carbocycles. The Kier molecular flexibility index (Phi) is 4.52. The molecule has 2 rings (SSSR count). The number of amides is 1. The molecule has 2 unspecified atom stereocenters. The Morgan fingerprint density at radius 3 is 3.00 bits per heavy atom. The summed E-state index contributed by atoms with van der Waals surface area (Å²) in [5, 5.41) is 6.69. The van der Waals surface area contributed by atoms with E-state index in [2.05, 4.69) is 10.4 Å². The fraction of sp³-hybridized carbons (Fsp3) is 0.667. The van der Waals surface area contributed by atoms with Crippen molar-refractivity contribution in [1.82, 2.24) is 15.1 Å². The summed E-state index contributed by atoms with van der Waals surface area (Å²) in [6, 6.07) is 0. The van der Waals surface area contributed by atoms with E-state index in [1.165, 1.54) is 10.9 Å². The van der Waals surface area contributed by atoms with Crippen LogP contribution >= 0.6 is 0 Å². The van der Waals surface area contributed by atoms with Gasteiger partial charge >= 0.3 is 6.09 Å². The van der Waals surface area contributed by atoms with Gasteiger partial charge in [-0.05, 0) is 20.8 Å². The van der Waals surface area contributed by atoms with Crippen molar-refractivity contribution in [1.29, 1.82) is 0 Å². The zero-order valence-corrected chi connectivity index (χ0v) is 13.0. The molecular weight excluding hydrogens is 298 g/mol. The quantitative estimate of drug-likeness (QED) is 0.806. The Hall–Kier alpha value is -1.61. The Morgan fingerprint density at radius 2 is 2.38 bits per heavy atom. The van der Waals surface area contributed by atoms with Crippen LogP contribution in [0.1, 0.15) is 20.8 Å². The number of rotatable bonds is 3. The third-order valence-electron chi connectivity index (χ3n) is 2.77. The van der Waals surface area contributed by atoms with Crippen molar-refractivity contribution in [2.45, 2.75) is 37.8 Å². The van der Waals surface area contributed by atoms with Crippen molar-refractivity contribution in [3.8, 4) is 5.88 Å². The Balaban J connectivity index is 1.88. The van der Waals surface area contributed by atoms with Crippen LogP contribution in [-0.2, 0) is 22.4 Å². The molecule has 21 heavy (non-hydrogen) atoms. The minimum atomic E-state index is -2.12. The fourth-order valence-electron chi connectivity index (χ4n) is 1.91. The fourth-order valence-corrected chi connectivity index (χ4v) is 2.36. The molecule has 0 spiro atoms. The van der Waals surface area contributed by atoms with Gasteiger partial charge in [-0.1, -0.05) is 0 Å². The van der Waals surface area contributed by atoms with Gasteiger partial charge in [0.25, 0.3) is 0 Å². The van der Waals surface area contributed by atoms with Crippen molar-refractivity contribution in [2.24, 2.45) is 5.92 Å². The smallest absolute Gasteiger partial charge is 0.407 e. The number of nitrogens with zero attached hydrogens (tertiary/aromatic N) is 2. The number of carbonyl (C=O) groups is 1. The van der Waals surface area contributed by atoms with Gasteiger partial charge < -0.3 is 19.3 Å². The third kappa shape index (κ3) is 4.18. The second-order valence-corrected chi connectivity index (χ2v) is 6.74. The predicted octanol–water partition coefficient (Wildman–Crippen LogP) is 0.997. The molecule has 2 atom stereocenters. The highest BCUT2D eigenvalue weighted by atomic mass is 32.2. The Morgan fingerprint density at radius 1 is 1.67 bits per heavy atom. The van der Waals surface area contributed by atoms with Gasteiger partial charge in [-0.3, -0.25) is 0 Å². The number of ether oxygens (including phenoxy) is 2. The highest BCUT2D eigenvalue weighted by Gasteiger charge is 2.26. The predicted molar refractivity (Wildman–Crippen MR) is 74.5 cm³/mol. The van der Waals surface area contributed by atoms with Gasteiger partial charge in [0.1, 0.15) is 10.5 Å². The lowest BCUT2D eigenvalue weighted by Gasteiger charge is -2.25. The number of aromatic nitrogens is 2. The second-order valence-electron chi connectivity index (χ2n) is 5.81. The van der Waals surface area contributed by atoms with Crippen LogP contribution in [0.3, 0.4) is 0 Å². The van der Waals surface area contributed by atoms with Crippen LogP contribution in [0.4, 0.5) is 4.79 Å². The van der Waals surface area contributed by atoms with Crippen molar-refractivity contribution in [3.05, 3.63) is 6.20 Å². The molecule has 118 valence electrons. The first-order chi connectivity index (χ1) is 9.76. The third-order valence-corrected chi connectivity index (χ3v) is 3.42. The maximum Gasteiger partial charge on any atom is 0.407 e. The first-order valence-electron chi connectivity index (χ1n) is 6.52. The molecule has 8 nitrogen and oxygen atoms in total. The van der Waals surface area contributed by atoms with Gasteiger partial charge in [0, 0.05) is 12.5 Å². The molecule has 0 saturated heterocycles. The van der Waals surface area contributed by atoms with Crippen LogP contribution in [0.25, 0.3) is 0 Å². The molecule has 1 aromatic rings. The lowest BCUT2D eigenvalue weighted by Crippen LogP contribution is -2.39. The zero-order chi connectivity index (χ0) is 15.6. The van der Waals surface area contributed by atoms with Crippen LogP contribution in [0, 0.1) is 5.92 Å². The second kappa shape index (κ2) is 6.02. The van der Waals surface area contributed by atoms with E-state index >= 15 is 0 Å². The molecule has 2 heterocycles. The average molecular weight is 317 g/mol.